The van der Waals surface area contributed by atoms with Crippen LogP contribution in [-0.2, 0) is 24.2 Å². The lowest BCUT2D eigenvalue weighted by atomic mass is 10.1. The van der Waals surface area contributed by atoms with Gasteiger partial charge in [-0.3, -0.25) is 4.79 Å². The minimum Gasteiger partial charge on any atom is -0.461 e. The van der Waals surface area contributed by atoms with Crippen molar-refractivity contribution in [3.05, 3.63) is 52.3 Å². The second-order valence-electron chi connectivity index (χ2n) is 7.86. The van der Waals surface area contributed by atoms with Crippen molar-refractivity contribution in [3.8, 4) is 0 Å². The van der Waals surface area contributed by atoms with Crippen LogP contribution in [0.3, 0.4) is 0 Å². The van der Waals surface area contributed by atoms with Crippen molar-refractivity contribution < 1.29 is 37.0 Å². The number of ketones is 1. The molecule has 1 aliphatic heterocycles. The molecule has 0 bridgehead atoms. The summed E-state index contributed by atoms with van der Waals surface area (Å²) in [5, 5.41) is 0. The van der Waals surface area contributed by atoms with E-state index >= 15 is 0 Å². The molecule has 34 heavy (non-hydrogen) atoms. The molecule has 0 amide bonds. The number of esters is 2. The number of aromatic amines is 1. The zero-order valence-electron chi connectivity index (χ0n) is 19.3. The van der Waals surface area contributed by atoms with Crippen LogP contribution in [0.1, 0.15) is 62.2 Å². The third-order valence-corrected chi connectivity index (χ3v) is 6.90. The van der Waals surface area contributed by atoms with Crippen LogP contribution in [0, 0.1) is 13.8 Å². The first-order chi connectivity index (χ1) is 16.1. The third kappa shape index (κ3) is 5.91. The van der Waals surface area contributed by atoms with Gasteiger partial charge < -0.3 is 19.2 Å². The summed E-state index contributed by atoms with van der Waals surface area (Å²) in [5.74, 6) is -1.83. The largest absolute Gasteiger partial charge is 0.461 e. The molecular weight excluding hydrogens is 464 g/mol. The van der Waals surface area contributed by atoms with Crippen molar-refractivity contribution in [2.75, 3.05) is 26.4 Å². The highest BCUT2D eigenvalue weighted by atomic mass is 32.2. The van der Waals surface area contributed by atoms with Crippen molar-refractivity contribution in [1.29, 1.82) is 0 Å². The number of carbonyl (C=O) groups is 3. The van der Waals surface area contributed by atoms with Crippen LogP contribution in [0.4, 0.5) is 0 Å². The Morgan fingerprint density at radius 2 is 1.82 bits per heavy atom. The van der Waals surface area contributed by atoms with Gasteiger partial charge in [0, 0.05) is 24.4 Å². The number of benzene rings is 1. The quantitative estimate of drug-likeness (QED) is 0.380. The van der Waals surface area contributed by atoms with Gasteiger partial charge in [-0.2, -0.15) is 0 Å². The van der Waals surface area contributed by atoms with Gasteiger partial charge in [-0.1, -0.05) is 0 Å². The van der Waals surface area contributed by atoms with E-state index in [0.29, 0.717) is 17.9 Å². The summed E-state index contributed by atoms with van der Waals surface area (Å²) < 4.78 is 42.9. The molecule has 1 aromatic carbocycles. The van der Waals surface area contributed by atoms with E-state index in [1.807, 2.05) is 0 Å². The van der Waals surface area contributed by atoms with Crippen LogP contribution in [0.15, 0.2) is 29.2 Å². The molecule has 1 fully saturated rings. The van der Waals surface area contributed by atoms with Gasteiger partial charge in [-0.05, 0) is 63.4 Å². The summed E-state index contributed by atoms with van der Waals surface area (Å²) in [4.78, 5) is 39.9. The van der Waals surface area contributed by atoms with Crippen LogP contribution in [0.2, 0.25) is 0 Å². The molecule has 2 N–H and O–H groups in total. The molecule has 3 rings (SSSR count). The predicted octanol–water partition coefficient (Wildman–Crippen LogP) is 2.31. The normalized spacial score (nSPS) is 15.8. The zero-order valence-corrected chi connectivity index (χ0v) is 20.1. The zero-order chi connectivity index (χ0) is 24.9. The van der Waals surface area contributed by atoms with Crippen LogP contribution in [-0.4, -0.2) is 63.6 Å². The van der Waals surface area contributed by atoms with Gasteiger partial charge in [0.2, 0.25) is 15.8 Å². The lowest BCUT2D eigenvalue weighted by molar-refractivity contribution is 0.0473. The van der Waals surface area contributed by atoms with Crippen molar-refractivity contribution in [2.24, 2.45) is 0 Å². The molecule has 10 nitrogen and oxygen atoms in total. The Bertz CT molecular complexity index is 1160. The fourth-order valence-electron chi connectivity index (χ4n) is 3.72. The predicted molar refractivity (Wildman–Crippen MR) is 121 cm³/mol. The lowest BCUT2D eigenvalue weighted by Crippen LogP contribution is -2.31. The Morgan fingerprint density at radius 3 is 2.44 bits per heavy atom. The standard InChI is InChI=1S/C23H28N2O8S/c1-4-31-23(28)21-14(2)20(15(3)25-21)19(26)13-33-22(27)16-7-9-18(10-8-16)34(29,30)24-12-17-6-5-11-32-17/h7-10,17,24-25H,4-6,11-13H2,1-3H3. The minimum absolute atomic E-state index is 0.00295. The summed E-state index contributed by atoms with van der Waals surface area (Å²) in [6.45, 7) is 5.39. The molecule has 2 aromatic rings. The second kappa shape index (κ2) is 10.9. The number of Topliss-reactive ketones (excluding diaryl/α,β-unsaturated/α-hetero) is 1. The first-order valence-electron chi connectivity index (χ1n) is 10.9. The van der Waals surface area contributed by atoms with Crippen molar-refractivity contribution >= 4 is 27.7 Å². The van der Waals surface area contributed by atoms with Gasteiger partial charge >= 0.3 is 11.9 Å². The number of H-pyrrole nitrogens is 1. The number of hydrogen-bond donors (Lipinski definition) is 2. The number of rotatable bonds is 10. The third-order valence-electron chi connectivity index (χ3n) is 5.46. The smallest absolute Gasteiger partial charge is 0.355 e. The second-order valence-corrected chi connectivity index (χ2v) is 9.62. The highest BCUT2D eigenvalue weighted by molar-refractivity contribution is 7.89. The number of nitrogens with one attached hydrogen (secondary N) is 2. The summed E-state index contributed by atoms with van der Waals surface area (Å²) >= 11 is 0. The highest BCUT2D eigenvalue weighted by Crippen LogP contribution is 2.20. The van der Waals surface area contributed by atoms with E-state index in [2.05, 4.69) is 9.71 Å². The number of aromatic nitrogens is 1. The fourth-order valence-corrected chi connectivity index (χ4v) is 4.79. The van der Waals surface area contributed by atoms with Gasteiger partial charge in [-0.25, -0.2) is 22.7 Å². The SMILES string of the molecule is CCOC(=O)c1[nH]c(C)c(C(=O)COC(=O)c2ccc(S(=O)(=O)NCC3CCCO3)cc2)c1C. The molecule has 1 aliphatic rings. The Balaban J connectivity index is 1.60. The molecule has 184 valence electrons. The Hall–Kier alpha value is -3.02. The molecular formula is C23H28N2O8S. The van der Waals surface area contributed by atoms with Crippen LogP contribution < -0.4 is 4.72 Å². The van der Waals surface area contributed by atoms with E-state index in [9.17, 15) is 22.8 Å². The Labute approximate surface area is 198 Å². The van der Waals surface area contributed by atoms with E-state index in [-0.39, 0.29) is 41.0 Å². The molecule has 1 unspecified atom stereocenters. The number of sulfonamides is 1. The average molecular weight is 493 g/mol. The summed E-state index contributed by atoms with van der Waals surface area (Å²) in [6.07, 6.45) is 1.57. The number of aryl methyl sites for hydroxylation is 1. The maximum atomic E-state index is 12.6. The number of carbonyl (C=O) groups excluding carboxylic acids is 3. The molecule has 0 spiro atoms. The molecule has 0 saturated carbocycles. The topological polar surface area (TPSA) is 141 Å². The van der Waals surface area contributed by atoms with Crippen molar-refractivity contribution in [3.63, 3.8) is 0 Å². The Kier molecular flexibility index (Phi) is 8.24. The van der Waals surface area contributed by atoms with Gasteiger partial charge in [0.25, 0.3) is 0 Å². The van der Waals surface area contributed by atoms with Gasteiger partial charge in [0.05, 0.1) is 23.2 Å². The van der Waals surface area contributed by atoms with E-state index in [1.54, 1.807) is 20.8 Å². The summed E-state index contributed by atoms with van der Waals surface area (Å²) in [6, 6.07) is 5.23. The van der Waals surface area contributed by atoms with E-state index in [4.69, 9.17) is 14.2 Å². The van der Waals surface area contributed by atoms with Gasteiger partial charge in [0.15, 0.2) is 6.61 Å². The van der Waals surface area contributed by atoms with E-state index in [0.717, 1.165) is 12.8 Å². The van der Waals surface area contributed by atoms with Crippen molar-refractivity contribution in [2.45, 2.75) is 44.6 Å². The van der Waals surface area contributed by atoms with Gasteiger partial charge in [-0.15, -0.1) is 0 Å². The molecule has 11 heteroatoms. The lowest BCUT2D eigenvalue weighted by Gasteiger charge is -2.11. The Morgan fingerprint density at radius 1 is 1.12 bits per heavy atom. The minimum atomic E-state index is -3.75. The molecule has 1 saturated heterocycles. The maximum Gasteiger partial charge on any atom is 0.355 e. The van der Waals surface area contributed by atoms with Crippen LogP contribution in [0.25, 0.3) is 0 Å². The summed E-state index contributed by atoms with van der Waals surface area (Å²) in [7, 11) is -3.75. The first-order valence-corrected chi connectivity index (χ1v) is 12.4. The molecule has 1 aromatic heterocycles. The van der Waals surface area contributed by atoms with Crippen LogP contribution >= 0.6 is 0 Å². The monoisotopic (exact) mass is 492 g/mol. The first kappa shape index (κ1) is 25.6. The van der Waals surface area contributed by atoms with Crippen molar-refractivity contribution in [1.82, 2.24) is 9.71 Å². The maximum absolute atomic E-state index is 12.6. The molecule has 2 heterocycles. The average Bonchev–Trinajstić information content (AvgIpc) is 3.43. The molecule has 0 aliphatic carbocycles. The molecule has 1 atom stereocenters. The number of hydrogen-bond acceptors (Lipinski definition) is 8. The molecule has 0 radical (unpaired) electrons. The number of ether oxygens (including phenoxy) is 3. The van der Waals surface area contributed by atoms with E-state index < -0.39 is 34.4 Å². The fraction of sp³-hybridized carbons (Fsp3) is 0.435. The van der Waals surface area contributed by atoms with Gasteiger partial charge in [0.1, 0.15) is 5.69 Å². The summed E-state index contributed by atoms with van der Waals surface area (Å²) in [5.41, 5.74) is 1.42. The van der Waals surface area contributed by atoms with E-state index in [1.165, 1.54) is 24.3 Å². The van der Waals surface area contributed by atoms with Crippen LogP contribution in [0.5, 0.6) is 0 Å². The highest BCUT2D eigenvalue weighted by Gasteiger charge is 2.24.